The maximum Gasteiger partial charge on any atom is 0.325 e. The van der Waals surface area contributed by atoms with E-state index in [-0.39, 0.29) is 13.2 Å². The summed E-state index contributed by atoms with van der Waals surface area (Å²) in [6.07, 6.45) is 2.00. The van der Waals surface area contributed by atoms with Gasteiger partial charge in [-0.05, 0) is 36.1 Å². The Morgan fingerprint density at radius 1 is 1.00 bits per heavy atom. The Balaban J connectivity index is 1.85. The van der Waals surface area contributed by atoms with Gasteiger partial charge in [0.05, 0.1) is 14.2 Å². The highest BCUT2D eigenvalue weighted by molar-refractivity contribution is 7.98. The number of methoxy groups -OCH3 is 2. The van der Waals surface area contributed by atoms with E-state index in [1.54, 1.807) is 30.0 Å². The topological polar surface area (TPSA) is 73.9 Å². The van der Waals surface area contributed by atoms with E-state index >= 15 is 0 Å². The quantitative estimate of drug-likeness (QED) is 0.565. The molecule has 0 aliphatic carbocycles. The van der Waals surface area contributed by atoms with Crippen molar-refractivity contribution in [2.45, 2.75) is 11.5 Å². The second-order valence-corrected chi connectivity index (χ2v) is 6.17. The van der Waals surface area contributed by atoms with Gasteiger partial charge in [0.2, 0.25) is 0 Å². The Kier molecular flexibility index (Phi) is 7.35. The third-order valence-electron chi connectivity index (χ3n) is 3.57. The summed E-state index contributed by atoms with van der Waals surface area (Å²) in [4.78, 5) is 25.2. The summed E-state index contributed by atoms with van der Waals surface area (Å²) in [5.41, 5.74) is 1.22. The molecule has 0 saturated carbocycles. The number of amides is 1. The van der Waals surface area contributed by atoms with Gasteiger partial charge in [-0.3, -0.25) is 9.59 Å². The van der Waals surface area contributed by atoms with Crippen molar-refractivity contribution in [3.05, 3.63) is 53.6 Å². The van der Waals surface area contributed by atoms with E-state index < -0.39 is 11.9 Å². The Hall–Kier alpha value is -2.67. The molecular formula is C19H21NO5S. The zero-order valence-electron chi connectivity index (χ0n) is 14.9. The Morgan fingerprint density at radius 3 is 2.15 bits per heavy atom. The number of carbonyl (C=O) groups is 2. The standard InChI is InChI=1S/C19H21NO5S/c1-23-15-8-14(9-16(10-15)24-2)19(22)20-11-18(21)25-12-13-4-6-17(26-3)7-5-13/h4-10H,11-12H2,1-3H3,(H,20,22). The van der Waals surface area contributed by atoms with Gasteiger partial charge in [-0.25, -0.2) is 0 Å². The Morgan fingerprint density at radius 2 is 1.62 bits per heavy atom. The van der Waals surface area contributed by atoms with Gasteiger partial charge < -0.3 is 19.5 Å². The molecule has 138 valence electrons. The van der Waals surface area contributed by atoms with Crippen LogP contribution in [-0.2, 0) is 16.1 Å². The molecule has 26 heavy (non-hydrogen) atoms. The third-order valence-corrected chi connectivity index (χ3v) is 4.31. The van der Waals surface area contributed by atoms with Crippen LogP contribution in [0.5, 0.6) is 11.5 Å². The van der Waals surface area contributed by atoms with Crippen molar-refractivity contribution in [3.63, 3.8) is 0 Å². The number of thioether (sulfide) groups is 1. The van der Waals surface area contributed by atoms with Gasteiger partial charge in [-0.15, -0.1) is 11.8 Å². The van der Waals surface area contributed by atoms with Gasteiger partial charge in [0.1, 0.15) is 24.7 Å². The molecule has 2 rings (SSSR count). The molecule has 0 aromatic heterocycles. The highest BCUT2D eigenvalue weighted by Crippen LogP contribution is 2.22. The van der Waals surface area contributed by atoms with Crippen LogP contribution in [0.25, 0.3) is 0 Å². The number of benzene rings is 2. The van der Waals surface area contributed by atoms with Crippen molar-refractivity contribution < 1.29 is 23.8 Å². The molecule has 2 aromatic rings. The number of ether oxygens (including phenoxy) is 3. The molecule has 0 heterocycles. The fourth-order valence-corrected chi connectivity index (χ4v) is 2.54. The predicted molar refractivity (Wildman–Crippen MR) is 99.9 cm³/mol. The number of rotatable bonds is 8. The first-order chi connectivity index (χ1) is 12.5. The van der Waals surface area contributed by atoms with Crippen LogP contribution in [0.15, 0.2) is 47.4 Å². The molecule has 0 saturated heterocycles. The zero-order chi connectivity index (χ0) is 18.9. The molecule has 7 heteroatoms. The summed E-state index contributed by atoms with van der Waals surface area (Å²) in [5.74, 6) is 0.0576. The number of carbonyl (C=O) groups excluding carboxylic acids is 2. The van der Waals surface area contributed by atoms with Crippen LogP contribution >= 0.6 is 11.8 Å². The van der Waals surface area contributed by atoms with E-state index in [0.29, 0.717) is 17.1 Å². The minimum atomic E-state index is -0.512. The van der Waals surface area contributed by atoms with Gasteiger partial charge in [0.25, 0.3) is 5.91 Å². The van der Waals surface area contributed by atoms with Crippen LogP contribution in [0, 0.1) is 0 Å². The number of esters is 1. The summed E-state index contributed by atoms with van der Waals surface area (Å²) in [7, 11) is 3.00. The number of nitrogens with one attached hydrogen (secondary N) is 1. The summed E-state index contributed by atoms with van der Waals surface area (Å²) >= 11 is 1.64. The normalized spacial score (nSPS) is 10.1. The lowest BCUT2D eigenvalue weighted by molar-refractivity contribution is -0.143. The molecule has 0 bridgehead atoms. The smallest absolute Gasteiger partial charge is 0.325 e. The van der Waals surface area contributed by atoms with E-state index in [2.05, 4.69) is 5.32 Å². The van der Waals surface area contributed by atoms with E-state index in [4.69, 9.17) is 14.2 Å². The lowest BCUT2D eigenvalue weighted by Crippen LogP contribution is -2.30. The van der Waals surface area contributed by atoms with Gasteiger partial charge in [0.15, 0.2) is 0 Å². The molecule has 0 fully saturated rings. The molecule has 0 spiro atoms. The molecule has 1 amide bonds. The highest BCUT2D eigenvalue weighted by atomic mass is 32.2. The minimum absolute atomic E-state index is 0.163. The summed E-state index contributed by atoms with van der Waals surface area (Å²) in [6, 6.07) is 12.5. The summed E-state index contributed by atoms with van der Waals surface area (Å²) in [6.45, 7) is -0.0579. The monoisotopic (exact) mass is 375 g/mol. The molecule has 0 aliphatic rings. The Labute approximate surface area is 156 Å². The molecule has 6 nitrogen and oxygen atoms in total. The SMILES string of the molecule is COc1cc(OC)cc(C(=O)NCC(=O)OCc2ccc(SC)cc2)c1. The lowest BCUT2D eigenvalue weighted by Gasteiger charge is -2.09. The second-order valence-electron chi connectivity index (χ2n) is 5.29. The van der Waals surface area contributed by atoms with Crippen molar-refractivity contribution in [1.29, 1.82) is 0 Å². The first-order valence-electron chi connectivity index (χ1n) is 7.85. The lowest BCUT2D eigenvalue weighted by atomic mass is 10.2. The zero-order valence-corrected chi connectivity index (χ0v) is 15.7. The van der Waals surface area contributed by atoms with Gasteiger partial charge in [-0.2, -0.15) is 0 Å². The first kappa shape index (κ1) is 19.7. The molecule has 0 atom stereocenters. The molecule has 0 radical (unpaired) electrons. The predicted octanol–water partition coefficient (Wildman–Crippen LogP) is 2.90. The second kappa shape index (κ2) is 9.72. The van der Waals surface area contributed by atoms with Crippen LogP contribution in [0.2, 0.25) is 0 Å². The first-order valence-corrected chi connectivity index (χ1v) is 9.08. The third kappa shape index (κ3) is 5.70. The largest absolute Gasteiger partial charge is 0.497 e. The van der Waals surface area contributed by atoms with Crippen molar-refractivity contribution in [2.75, 3.05) is 27.0 Å². The number of hydrogen-bond acceptors (Lipinski definition) is 6. The average Bonchev–Trinajstić information content (AvgIpc) is 2.70. The van der Waals surface area contributed by atoms with Crippen LogP contribution in [0.4, 0.5) is 0 Å². The molecule has 0 aliphatic heterocycles. The van der Waals surface area contributed by atoms with Crippen molar-refractivity contribution >= 4 is 23.6 Å². The Bertz CT molecular complexity index is 739. The average molecular weight is 375 g/mol. The van der Waals surface area contributed by atoms with Gasteiger partial charge in [0, 0.05) is 16.5 Å². The molecule has 1 N–H and O–H groups in total. The van der Waals surface area contributed by atoms with Crippen molar-refractivity contribution in [3.8, 4) is 11.5 Å². The van der Waals surface area contributed by atoms with Crippen molar-refractivity contribution in [2.24, 2.45) is 0 Å². The van der Waals surface area contributed by atoms with Gasteiger partial charge >= 0.3 is 5.97 Å². The van der Waals surface area contributed by atoms with Gasteiger partial charge in [-0.1, -0.05) is 12.1 Å². The van der Waals surface area contributed by atoms with E-state index in [1.807, 2.05) is 30.5 Å². The van der Waals surface area contributed by atoms with Crippen LogP contribution < -0.4 is 14.8 Å². The molecule has 2 aromatic carbocycles. The molecular weight excluding hydrogens is 354 g/mol. The highest BCUT2D eigenvalue weighted by Gasteiger charge is 2.12. The van der Waals surface area contributed by atoms with E-state index in [1.165, 1.54) is 14.2 Å². The van der Waals surface area contributed by atoms with Crippen LogP contribution in [0.3, 0.4) is 0 Å². The molecule has 0 unspecified atom stereocenters. The fraction of sp³-hybridized carbons (Fsp3) is 0.263. The van der Waals surface area contributed by atoms with E-state index in [0.717, 1.165) is 10.5 Å². The van der Waals surface area contributed by atoms with E-state index in [9.17, 15) is 9.59 Å². The summed E-state index contributed by atoms with van der Waals surface area (Å²) < 4.78 is 15.4. The maximum absolute atomic E-state index is 12.2. The maximum atomic E-state index is 12.2. The van der Waals surface area contributed by atoms with Crippen molar-refractivity contribution in [1.82, 2.24) is 5.32 Å². The van der Waals surface area contributed by atoms with Crippen LogP contribution in [-0.4, -0.2) is 38.9 Å². The number of hydrogen-bond donors (Lipinski definition) is 1. The minimum Gasteiger partial charge on any atom is -0.497 e. The van der Waals surface area contributed by atoms with Crippen LogP contribution in [0.1, 0.15) is 15.9 Å². The summed E-state index contributed by atoms with van der Waals surface area (Å²) in [5, 5.41) is 2.53. The fourth-order valence-electron chi connectivity index (χ4n) is 2.13.